The largest absolute Gasteiger partial charge is 0.508 e. The number of hydrogen-bond donors (Lipinski definition) is 1. The molecule has 0 amide bonds. The minimum atomic E-state index is -0.461. The minimum absolute atomic E-state index is 0.0159. The Bertz CT molecular complexity index is 1260. The van der Waals surface area contributed by atoms with Crippen LogP contribution in [0.3, 0.4) is 0 Å². The van der Waals surface area contributed by atoms with Crippen molar-refractivity contribution in [3.05, 3.63) is 82.4 Å². The van der Waals surface area contributed by atoms with Gasteiger partial charge in [0.05, 0.1) is 16.0 Å². The lowest BCUT2D eigenvalue weighted by atomic mass is 10.0. The number of benzene rings is 3. The van der Waals surface area contributed by atoms with Crippen molar-refractivity contribution in [3.63, 3.8) is 0 Å². The first-order valence-electron chi connectivity index (χ1n) is 9.40. The summed E-state index contributed by atoms with van der Waals surface area (Å²) >= 11 is 0. The molecular formula is C22H18N4O3. The highest BCUT2D eigenvalue weighted by atomic mass is 16.6. The fourth-order valence-corrected chi connectivity index (χ4v) is 4.18. The Morgan fingerprint density at radius 3 is 2.66 bits per heavy atom. The first kappa shape index (κ1) is 17.2. The number of nitrogens with zero attached hydrogens (tertiary/aromatic N) is 4. The highest BCUT2D eigenvalue weighted by molar-refractivity contribution is 5.87. The fourth-order valence-electron chi connectivity index (χ4n) is 4.18. The van der Waals surface area contributed by atoms with Crippen LogP contribution in [0.5, 0.6) is 5.75 Å². The standard InChI is InChI=1S/C22H18N4O3/c1-2-24-18-9-5-3-7-15(18)21-23-17-8-4-6-10-19(17)25(21)22(24)16-13-14(26(28)29)11-12-20(16)27/h3-13,22,27H,2H2,1H3. The second-order valence-electron chi connectivity index (χ2n) is 6.97. The van der Waals surface area contributed by atoms with Crippen molar-refractivity contribution in [1.82, 2.24) is 9.55 Å². The molecule has 1 aliphatic heterocycles. The van der Waals surface area contributed by atoms with E-state index < -0.39 is 11.1 Å². The molecule has 1 aromatic heterocycles. The van der Waals surface area contributed by atoms with Crippen molar-refractivity contribution in [3.8, 4) is 17.1 Å². The molecule has 3 aromatic carbocycles. The highest BCUT2D eigenvalue weighted by Crippen LogP contribution is 2.46. The lowest BCUT2D eigenvalue weighted by Gasteiger charge is -2.40. The first-order valence-corrected chi connectivity index (χ1v) is 9.40. The van der Waals surface area contributed by atoms with E-state index in [1.807, 2.05) is 55.5 Å². The zero-order chi connectivity index (χ0) is 20.1. The van der Waals surface area contributed by atoms with Crippen LogP contribution in [0.15, 0.2) is 66.7 Å². The molecule has 7 nitrogen and oxygen atoms in total. The number of nitro groups is 1. The molecule has 1 N–H and O–H groups in total. The van der Waals surface area contributed by atoms with Crippen LogP contribution in [0.25, 0.3) is 22.4 Å². The number of rotatable bonds is 3. The number of aromatic nitrogens is 2. The molecule has 0 fully saturated rings. The lowest BCUT2D eigenvalue weighted by Crippen LogP contribution is -2.37. The molecule has 7 heteroatoms. The van der Waals surface area contributed by atoms with Gasteiger partial charge in [0.1, 0.15) is 17.7 Å². The van der Waals surface area contributed by atoms with Gasteiger partial charge in [-0.15, -0.1) is 0 Å². The molecule has 0 spiro atoms. The van der Waals surface area contributed by atoms with Gasteiger partial charge in [-0.1, -0.05) is 24.3 Å². The van der Waals surface area contributed by atoms with Gasteiger partial charge in [-0.05, 0) is 37.3 Å². The SMILES string of the molecule is CCN1c2ccccc2-c2nc3ccccc3n2C1c1cc([N+](=O)[O-])ccc1O. The topological polar surface area (TPSA) is 84.4 Å². The summed E-state index contributed by atoms with van der Waals surface area (Å²) in [4.78, 5) is 17.9. The molecule has 4 aromatic rings. The number of phenols is 1. The molecule has 0 aliphatic carbocycles. The molecule has 5 rings (SSSR count). The Labute approximate surface area is 166 Å². The summed E-state index contributed by atoms with van der Waals surface area (Å²) in [6, 6.07) is 19.9. The van der Waals surface area contributed by atoms with Gasteiger partial charge >= 0.3 is 0 Å². The maximum Gasteiger partial charge on any atom is 0.270 e. The van der Waals surface area contributed by atoms with Crippen LogP contribution in [-0.4, -0.2) is 26.1 Å². The van der Waals surface area contributed by atoms with Crippen molar-refractivity contribution in [2.75, 3.05) is 11.4 Å². The van der Waals surface area contributed by atoms with Crippen molar-refractivity contribution in [1.29, 1.82) is 0 Å². The number of para-hydroxylation sites is 3. The van der Waals surface area contributed by atoms with Gasteiger partial charge in [-0.3, -0.25) is 14.7 Å². The van der Waals surface area contributed by atoms with Gasteiger partial charge in [0.2, 0.25) is 0 Å². The average Bonchev–Trinajstić information content (AvgIpc) is 3.13. The number of anilines is 1. The summed E-state index contributed by atoms with van der Waals surface area (Å²) in [5.41, 5.74) is 4.13. The predicted molar refractivity (Wildman–Crippen MR) is 111 cm³/mol. The molecule has 0 saturated heterocycles. The molecule has 1 atom stereocenters. The number of imidazole rings is 1. The summed E-state index contributed by atoms with van der Waals surface area (Å²) in [6.45, 7) is 2.68. The van der Waals surface area contributed by atoms with E-state index in [0.717, 1.165) is 28.1 Å². The fraction of sp³-hybridized carbons (Fsp3) is 0.136. The van der Waals surface area contributed by atoms with Gasteiger partial charge < -0.3 is 10.0 Å². The second-order valence-corrected chi connectivity index (χ2v) is 6.97. The summed E-state index contributed by atoms with van der Waals surface area (Å²) in [6.07, 6.45) is -0.461. The maximum atomic E-state index is 11.4. The van der Waals surface area contributed by atoms with Crippen LogP contribution >= 0.6 is 0 Å². The van der Waals surface area contributed by atoms with Crippen LogP contribution in [0.4, 0.5) is 11.4 Å². The lowest BCUT2D eigenvalue weighted by molar-refractivity contribution is -0.385. The molecule has 1 aliphatic rings. The van der Waals surface area contributed by atoms with Crippen LogP contribution in [0, 0.1) is 10.1 Å². The Morgan fingerprint density at radius 1 is 1.10 bits per heavy atom. The second kappa shape index (κ2) is 6.34. The number of non-ortho nitro benzene ring substituents is 1. The van der Waals surface area contributed by atoms with Gasteiger partial charge in [0, 0.05) is 35.5 Å². The molecule has 144 valence electrons. The molecule has 29 heavy (non-hydrogen) atoms. The van der Waals surface area contributed by atoms with E-state index in [1.54, 1.807) is 0 Å². The molecule has 0 radical (unpaired) electrons. The van der Waals surface area contributed by atoms with E-state index in [2.05, 4.69) is 9.47 Å². The van der Waals surface area contributed by atoms with Crippen molar-refractivity contribution < 1.29 is 10.0 Å². The van der Waals surface area contributed by atoms with E-state index in [0.29, 0.717) is 12.1 Å². The highest BCUT2D eigenvalue weighted by Gasteiger charge is 2.35. The predicted octanol–water partition coefficient (Wildman–Crippen LogP) is 4.70. The third kappa shape index (κ3) is 2.47. The Morgan fingerprint density at radius 2 is 1.86 bits per heavy atom. The number of aromatic hydroxyl groups is 1. The summed E-state index contributed by atoms with van der Waals surface area (Å²) < 4.78 is 2.06. The zero-order valence-corrected chi connectivity index (χ0v) is 15.7. The Kier molecular flexibility index (Phi) is 3.77. The van der Waals surface area contributed by atoms with Gasteiger partial charge in [-0.25, -0.2) is 4.98 Å². The molecule has 2 heterocycles. The van der Waals surface area contributed by atoms with Crippen molar-refractivity contribution in [2.45, 2.75) is 13.1 Å². The summed E-state index contributed by atoms with van der Waals surface area (Å²) in [7, 11) is 0. The summed E-state index contributed by atoms with van der Waals surface area (Å²) in [5.74, 6) is 0.796. The van der Waals surface area contributed by atoms with E-state index in [1.165, 1.54) is 18.2 Å². The van der Waals surface area contributed by atoms with E-state index in [9.17, 15) is 15.2 Å². The monoisotopic (exact) mass is 386 g/mol. The van der Waals surface area contributed by atoms with E-state index >= 15 is 0 Å². The molecule has 1 unspecified atom stereocenters. The summed E-state index contributed by atoms with van der Waals surface area (Å²) in [5, 5.41) is 22.1. The normalized spacial score (nSPS) is 15.2. The quantitative estimate of drug-likeness (QED) is 0.407. The van der Waals surface area contributed by atoms with Gasteiger partial charge in [0.15, 0.2) is 0 Å². The third-order valence-electron chi connectivity index (χ3n) is 5.43. The van der Waals surface area contributed by atoms with Crippen LogP contribution in [0.1, 0.15) is 18.7 Å². The smallest absolute Gasteiger partial charge is 0.270 e. The van der Waals surface area contributed by atoms with E-state index in [-0.39, 0.29) is 11.4 Å². The number of nitro benzene ring substituents is 1. The minimum Gasteiger partial charge on any atom is -0.508 e. The average molecular weight is 386 g/mol. The number of fused-ring (bicyclic) bond motifs is 5. The number of phenolic OH excluding ortho intramolecular Hbond substituents is 1. The zero-order valence-electron chi connectivity index (χ0n) is 15.7. The van der Waals surface area contributed by atoms with Crippen LogP contribution < -0.4 is 4.90 Å². The molecule has 0 saturated carbocycles. The van der Waals surface area contributed by atoms with Gasteiger partial charge in [0.25, 0.3) is 5.69 Å². The van der Waals surface area contributed by atoms with Crippen LogP contribution in [-0.2, 0) is 0 Å². The van der Waals surface area contributed by atoms with Crippen LogP contribution in [0.2, 0.25) is 0 Å². The molecule has 0 bridgehead atoms. The first-order chi connectivity index (χ1) is 14.1. The Balaban J connectivity index is 1.87. The third-order valence-corrected chi connectivity index (χ3v) is 5.43. The maximum absolute atomic E-state index is 11.4. The Hall–Kier alpha value is -3.87. The number of hydrogen-bond acceptors (Lipinski definition) is 5. The molecular weight excluding hydrogens is 368 g/mol. The van der Waals surface area contributed by atoms with Gasteiger partial charge in [-0.2, -0.15) is 0 Å². The van der Waals surface area contributed by atoms with Crippen molar-refractivity contribution in [2.24, 2.45) is 0 Å². The van der Waals surface area contributed by atoms with Crippen molar-refractivity contribution >= 4 is 22.4 Å². The van der Waals surface area contributed by atoms with E-state index in [4.69, 9.17) is 4.98 Å².